The molecule has 4 aromatic heterocycles. The molecule has 0 unspecified atom stereocenters. The van der Waals surface area contributed by atoms with E-state index in [1.165, 1.54) is 12.3 Å². The molecule has 0 radical (unpaired) electrons. The summed E-state index contributed by atoms with van der Waals surface area (Å²) in [5, 5.41) is 22.9. The third kappa shape index (κ3) is 5.45. The van der Waals surface area contributed by atoms with Crippen molar-refractivity contribution in [2.75, 3.05) is 13.1 Å². The van der Waals surface area contributed by atoms with E-state index in [1.54, 1.807) is 28.6 Å². The Morgan fingerprint density at radius 3 is 2.62 bits per heavy atom. The zero-order valence-electron chi connectivity index (χ0n) is 23.1. The molecular weight excluding hydrogens is 515 g/mol. The predicted octanol–water partition coefficient (Wildman–Crippen LogP) is 5.02. The second-order valence-corrected chi connectivity index (χ2v) is 10.9. The molecule has 1 atom stereocenters. The number of carbonyl (C=O) groups excluding carboxylic acids is 1. The lowest BCUT2D eigenvalue weighted by molar-refractivity contribution is 0.0183. The monoisotopic (exact) mass is 546 g/mol. The van der Waals surface area contributed by atoms with E-state index in [-0.39, 0.29) is 12.1 Å². The van der Waals surface area contributed by atoms with Gasteiger partial charge in [0.25, 0.3) is 0 Å². The Balaban J connectivity index is 1.41. The topological polar surface area (TPSA) is 123 Å². The van der Waals surface area contributed by atoms with Gasteiger partial charge in [0, 0.05) is 24.8 Å². The van der Waals surface area contributed by atoms with Gasteiger partial charge in [-0.2, -0.15) is 10.4 Å². The van der Waals surface area contributed by atoms with Gasteiger partial charge in [0.15, 0.2) is 0 Å². The van der Waals surface area contributed by atoms with Crippen LogP contribution in [0.3, 0.4) is 0 Å². The third-order valence-corrected chi connectivity index (χ3v) is 6.83. The van der Waals surface area contributed by atoms with E-state index in [4.69, 9.17) is 9.47 Å². The summed E-state index contributed by atoms with van der Waals surface area (Å²) >= 11 is 0. The molecule has 0 aliphatic carbocycles. The van der Waals surface area contributed by atoms with E-state index in [0.29, 0.717) is 46.9 Å². The van der Waals surface area contributed by atoms with Crippen LogP contribution >= 0.6 is 0 Å². The number of pyridine rings is 2. The van der Waals surface area contributed by atoms with Crippen molar-refractivity contribution in [2.45, 2.75) is 65.2 Å². The van der Waals surface area contributed by atoms with Gasteiger partial charge in [-0.25, -0.2) is 18.4 Å². The number of hydrogen-bond donors (Lipinski definition) is 0. The lowest BCUT2D eigenvalue weighted by Gasteiger charge is -2.33. The minimum Gasteiger partial charge on any atom is -0.482 e. The first-order chi connectivity index (χ1) is 19.0. The van der Waals surface area contributed by atoms with E-state index in [2.05, 4.69) is 26.5 Å². The molecular formula is C28H31FN8O3. The number of fused-ring (bicyclic) bond motifs is 1. The van der Waals surface area contributed by atoms with Gasteiger partial charge in [-0.1, -0.05) is 5.21 Å². The zero-order valence-corrected chi connectivity index (χ0v) is 23.1. The van der Waals surface area contributed by atoms with Crippen LogP contribution in [0.15, 0.2) is 36.8 Å². The van der Waals surface area contributed by atoms with Gasteiger partial charge < -0.3 is 14.4 Å². The number of hydrogen-bond acceptors (Lipinski definition) is 8. The fraction of sp³-hybridized carbons (Fsp3) is 0.429. The zero-order chi connectivity index (χ0) is 28.6. The molecule has 0 saturated carbocycles. The molecule has 1 saturated heterocycles. The number of nitrogens with zero attached hydrogens (tertiary/aromatic N) is 8. The summed E-state index contributed by atoms with van der Waals surface area (Å²) in [6, 6.07) is 6.94. The van der Waals surface area contributed by atoms with Crippen LogP contribution in [0.2, 0.25) is 0 Å². The van der Waals surface area contributed by atoms with Crippen molar-refractivity contribution < 1.29 is 18.7 Å². The minimum absolute atomic E-state index is 0.0823. The van der Waals surface area contributed by atoms with Crippen LogP contribution < -0.4 is 4.74 Å². The molecule has 11 nitrogen and oxygen atoms in total. The molecule has 0 bridgehead atoms. The van der Waals surface area contributed by atoms with Crippen molar-refractivity contribution in [1.82, 2.24) is 34.5 Å². The van der Waals surface area contributed by atoms with E-state index >= 15 is 0 Å². The molecule has 0 aromatic carbocycles. The van der Waals surface area contributed by atoms with Gasteiger partial charge in [-0.15, -0.1) is 5.10 Å². The summed E-state index contributed by atoms with van der Waals surface area (Å²) < 4.78 is 28.6. The smallest absolute Gasteiger partial charge is 0.410 e. The van der Waals surface area contributed by atoms with E-state index in [9.17, 15) is 14.4 Å². The summed E-state index contributed by atoms with van der Waals surface area (Å²) in [5.41, 5.74) is 3.11. The second kappa shape index (κ2) is 10.6. The van der Waals surface area contributed by atoms with E-state index in [0.717, 1.165) is 24.7 Å². The quantitative estimate of drug-likeness (QED) is 0.342. The average Bonchev–Trinajstić information content (AvgIpc) is 3.51. The number of carbonyl (C=O) groups is 1. The first-order valence-electron chi connectivity index (χ1n) is 13.1. The Labute approximate surface area is 231 Å². The molecule has 5 rings (SSSR count). The Bertz CT molecular complexity index is 1570. The number of nitriles is 1. The van der Waals surface area contributed by atoms with Crippen LogP contribution in [0.4, 0.5) is 9.18 Å². The van der Waals surface area contributed by atoms with Gasteiger partial charge in [-0.05, 0) is 65.7 Å². The highest BCUT2D eigenvalue weighted by Crippen LogP contribution is 2.34. The molecule has 4 aromatic rings. The highest BCUT2D eigenvalue weighted by molar-refractivity contribution is 5.75. The number of rotatable bonds is 5. The molecule has 1 amide bonds. The Morgan fingerprint density at radius 1 is 1.23 bits per heavy atom. The Kier molecular flexibility index (Phi) is 7.14. The highest BCUT2D eigenvalue weighted by Gasteiger charge is 2.29. The maximum Gasteiger partial charge on any atom is 0.410 e. The molecule has 208 valence electrons. The van der Waals surface area contributed by atoms with Crippen molar-refractivity contribution in [3.8, 4) is 23.1 Å². The lowest BCUT2D eigenvalue weighted by atomic mass is 10.0. The van der Waals surface area contributed by atoms with Crippen LogP contribution in [0, 0.1) is 24.1 Å². The molecule has 5 heterocycles. The largest absolute Gasteiger partial charge is 0.482 e. The maximum atomic E-state index is 13.4. The van der Waals surface area contributed by atoms with E-state index < -0.39 is 17.5 Å². The summed E-state index contributed by atoms with van der Waals surface area (Å²) in [6.45, 7) is 10.5. The van der Waals surface area contributed by atoms with Crippen molar-refractivity contribution in [2.24, 2.45) is 0 Å². The maximum absolute atomic E-state index is 13.4. The van der Waals surface area contributed by atoms with Crippen molar-refractivity contribution in [3.05, 3.63) is 59.6 Å². The average molecular weight is 547 g/mol. The van der Waals surface area contributed by atoms with Crippen LogP contribution in [0.25, 0.3) is 16.8 Å². The van der Waals surface area contributed by atoms with Crippen LogP contribution in [-0.4, -0.2) is 59.3 Å². The molecule has 0 spiro atoms. The minimum atomic E-state index is -0.537. The SMILES string of the molecule is Cc1c(-c2cc(O[C@H](C)c3ccc(F)cn3)c3c(C#N)cnn3c2)nnn1C1CCN(C(=O)OC(C)(C)C)CC1. The fourth-order valence-corrected chi connectivity index (χ4v) is 4.84. The van der Waals surface area contributed by atoms with Crippen LogP contribution in [0.5, 0.6) is 5.75 Å². The molecule has 1 fully saturated rings. The summed E-state index contributed by atoms with van der Waals surface area (Å²) in [7, 11) is 0. The number of piperidine rings is 1. The molecule has 40 heavy (non-hydrogen) atoms. The summed E-state index contributed by atoms with van der Waals surface area (Å²) in [6.07, 6.45) is 5.04. The van der Waals surface area contributed by atoms with Gasteiger partial charge in [0.1, 0.15) is 46.1 Å². The van der Waals surface area contributed by atoms with Gasteiger partial charge >= 0.3 is 6.09 Å². The number of likely N-dealkylation sites (tertiary alicyclic amines) is 1. The first kappa shape index (κ1) is 27.1. The van der Waals surface area contributed by atoms with Crippen molar-refractivity contribution in [3.63, 3.8) is 0 Å². The van der Waals surface area contributed by atoms with Crippen molar-refractivity contribution >= 4 is 11.6 Å². The first-order valence-corrected chi connectivity index (χ1v) is 13.1. The molecule has 0 N–H and O–H groups in total. The van der Waals surface area contributed by atoms with Gasteiger partial charge in [0.2, 0.25) is 0 Å². The second-order valence-electron chi connectivity index (χ2n) is 10.9. The molecule has 1 aliphatic rings. The predicted molar refractivity (Wildman–Crippen MR) is 143 cm³/mol. The van der Waals surface area contributed by atoms with Crippen LogP contribution in [-0.2, 0) is 4.74 Å². The Morgan fingerprint density at radius 2 is 1.98 bits per heavy atom. The normalized spacial score (nSPS) is 15.2. The lowest BCUT2D eigenvalue weighted by Crippen LogP contribution is -2.42. The number of ether oxygens (including phenoxy) is 2. The summed E-state index contributed by atoms with van der Waals surface area (Å²) in [4.78, 5) is 18.3. The summed E-state index contributed by atoms with van der Waals surface area (Å²) in [5.74, 6) is -0.0123. The Hall–Kier alpha value is -4.53. The van der Waals surface area contributed by atoms with Crippen LogP contribution in [0.1, 0.15) is 69.6 Å². The molecule has 1 aliphatic heterocycles. The molecule has 12 heteroatoms. The third-order valence-electron chi connectivity index (χ3n) is 6.83. The van der Waals surface area contributed by atoms with Gasteiger partial charge in [-0.3, -0.25) is 4.98 Å². The van der Waals surface area contributed by atoms with E-state index in [1.807, 2.05) is 38.4 Å². The highest BCUT2D eigenvalue weighted by atomic mass is 19.1. The van der Waals surface area contributed by atoms with Gasteiger partial charge in [0.05, 0.1) is 29.8 Å². The standard InChI is InChI=1S/C28H31FN8O3/c1-17-25(33-34-37(17)22-8-10-35(11-9-22)27(38)40-28(3,4)5)19-12-24(26-20(13-30)14-32-36(26)16-19)39-18(2)23-7-6-21(29)15-31-23/h6-7,12,14-16,18,22H,8-11H2,1-5H3/t18-/m1/s1. The number of aromatic nitrogens is 6. The fourth-order valence-electron chi connectivity index (χ4n) is 4.84. The van der Waals surface area contributed by atoms with Crippen molar-refractivity contribution in [1.29, 1.82) is 5.26 Å². The number of amides is 1. The number of halogens is 1.